The van der Waals surface area contributed by atoms with E-state index >= 15 is 0 Å². The lowest BCUT2D eigenvalue weighted by Gasteiger charge is -2.24. The first-order valence-corrected chi connectivity index (χ1v) is 9.68. The number of thiazole rings is 1. The topological polar surface area (TPSA) is 55.6 Å². The van der Waals surface area contributed by atoms with Crippen molar-refractivity contribution in [3.8, 4) is 10.6 Å². The number of aromatic nitrogens is 4. The minimum absolute atomic E-state index is 0.646. The lowest BCUT2D eigenvalue weighted by Crippen LogP contribution is -2.30. The minimum Gasteiger partial charge on any atom is -0.315 e. The molecule has 4 heterocycles. The zero-order chi connectivity index (χ0) is 15.6. The summed E-state index contributed by atoms with van der Waals surface area (Å²) in [5.41, 5.74) is 2.36. The van der Waals surface area contributed by atoms with Crippen molar-refractivity contribution < 1.29 is 0 Å². The highest BCUT2D eigenvalue weighted by Gasteiger charge is 2.21. The summed E-state index contributed by atoms with van der Waals surface area (Å²) in [5, 5.41) is 19.5. The molecule has 1 aliphatic heterocycles. The summed E-state index contributed by atoms with van der Waals surface area (Å²) in [6, 6.07) is 2.13. The SMILES string of the molecule is Cc1nnc2n1CC(CNCc1csc(-c3ccsc3)n1)CC2. The standard InChI is InChI=1S/C16H19N5S2/c1-11-19-20-15-3-2-12(8-21(11)15)6-17-7-14-10-23-16(18-14)13-4-5-22-9-13/h4-5,9-10,12,17H,2-3,6-8H2,1H3. The van der Waals surface area contributed by atoms with Crippen molar-refractivity contribution in [3.63, 3.8) is 0 Å². The summed E-state index contributed by atoms with van der Waals surface area (Å²) < 4.78 is 2.26. The van der Waals surface area contributed by atoms with E-state index in [1.807, 2.05) is 6.92 Å². The Morgan fingerprint density at radius 2 is 2.30 bits per heavy atom. The maximum Gasteiger partial charge on any atom is 0.133 e. The van der Waals surface area contributed by atoms with Gasteiger partial charge in [-0.25, -0.2) is 4.98 Å². The van der Waals surface area contributed by atoms with Gasteiger partial charge in [-0.3, -0.25) is 0 Å². The Morgan fingerprint density at radius 1 is 1.35 bits per heavy atom. The van der Waals surface area contributed by atoms with Gasteiger partial charge in [-0.1, -0.05) is 0 Å². The van der Waals surface area contributed by atoms with Crippen LogP contribution >= 0.6 is 22.7 Å². The average molecular weight is 345 g/mol. The summed E-state index contributed by atoms with van der Waals surface area (Å²) >= 11 is 3.44. The maximum atomic E-state index is 4.71. The van der Waals surface area contributed by atoms with Crippen LogP contribution in [-0.4, -0.2) is 26.3 Å². The molecule has 7 heteroatoms. The average Bonchev–Trinajstić information content (AvgIpc) is 3.29. The van der Waals surface area contributed by atoms with Gasteiger partial charge >= 0.3 is 0 Å². The number of nitrogens with zero attached hydrogens (tertiary/aromatic N) is 4. The fourth-order valence-electron chi connectivity index (χ4n) is 3.01. The van der Waals surface area contributed by atoms with E-state index in [0.717, 1.165) is 48.4 Å². The van der Waals surface area contributed by atoms with Crippen LogP contribution in [0.15, 0.2) is 22.2 Å². The summed E-state index contributed by atoms with van der Waals surface area (Å²) in [5.74, 6) is 2.82. The van der Waals surface area contributed by atoms with Crippen LogP contribution in [0.3, 0.4) is 0 Å². The normalized spacial score (nSPS) is 17.3. The van der Waals surface area contributed by atoms with Gasteiger partial charge in [-0.15, -0.1) is 21.5 Å². The van der Waals surface area contributed by atoms with E-state index in [1.165, 1.54) is 12.0 Å². The molecule has 3 aromatic rings. The highest BCUT2D eigenvalue weighted by atomic mass is 32.1. The Labute approximate surface area is 143 Å². The van der Waals surface area contributed by atoms with E-state index in [9.17, 15) is 0 Å². The molecule has 0 fully saturated rings. The molecule has 4 rings (SSSR count). The van der Waals surface area contributed by atoms with Crippen molar-refractivity contribution in [1.82, 2.24) is 25.1 Å². The first-order valence-electron chi connectivity index (χ1n) is 7.86. The molecule has 0 spiro atoms. The van der Waals surface area contributed by atoms with E-state index in [4.69, 9.17) is 4.98 Å². The summed E-state index contributed by atoms with van der Waals surface area (Å²) in [7, 11) is 0. The van der Waals surface area contributed by atoms with Gasteiger partial charge in [0.25, 0.3) is 0 Å². The van der Waals surface area contributed by atoms with Gasteiger partial charge in [-0.05, 0) is 30.7 Å². The Hall–Kier alpha value is -1.57. The number of nitrogens with one attached hydrogen (secondary N) is 1. The molecule has 3 aromatic heterocycles. The third kappa shape index (κ3) is 3.22. The molecule has 5 nitrogen and oxygen atoms in total. The van der Waals surface area contributed by atoms with Gasteiger partial charge in [0, 0.05) is 42.4 Å². The van der Waals surface area contributed by atoms with Crippen molar-refractivity contribution in [2.75, 3.05) is 6.54 Å². The number of thiophene rings is 1. The summed E-state index contributed by atoms with van der Waals surface area (Å²) in [6.45, 7) is 4.92. The van der Waals surface area contributed by atoms with E-state index in [1.54, 1.807) is 22.7 Å². The van der Waals surface area contributed by atoms with Gasteiger partial charge in [0.05, 0.1) is 5.69 Å². The number of rotatable bonds is 5. The Morgan fingerprint density at radius 3 is 3.17 bits per heavy atom. The fourth-order valence-corrected chi connectivity index (χ4v) is 4.54. The van der Waals surface area contributed by atoms with Crippen LogP contribution in [0, 0.1) is 12.8 Å². The van der Waals surface area contributed by atoms with Crippen molar-refractivity contribution in [2.24, 2.45) is 5.92 Å². The highest BCUT2D eigenvalue weighted by Crippen LogP contribution is 2.25. The van der Waals surface area contributed by atoms with Crippen molar-refractivity contribution in [2.45, 2.75) is 32.9 Å². The maximum absolute atomic E-state index is 4.71. The molecule has 120 valence electrons. The van der Waals surface area contributed by atoms with E-state index in [0.29, 0.717) is 5.92 Å². The molecule has 0 saturated heterocycles. The van der Waals surface area contributed by atoms with Crippen LogP contribution < -0.4 is 5.32 Å². The molecule has 1 N–H and O–H groups in total. The molecular weight excluding hydrogens is 326 g/mol. The summed E-state index contributed by atoms with van der Waals surface area (Å²) in [6.07, 6.45) is 2.22. The zero-order valence-corrected chi connectivity index (χ0v) is 14.7. The van der Waals surface area contributed by atoms with Crippen LogP contribution in [0.1, 0.15) is 23.8 Å². The molecule has 0 aliphatic carbocycles. The quantitative estimate of drug-likeness (QED) is 0.772. The Kier molecular flexibility index (Phi) is 4.24. The summed E-state index contributed by atoms with van der Waals surface area (Å²) in [4.78, 5) is 4.71. The van der Waals surface area contributed by atoms with E-state index < -0.39 is 0 Å². The van der Waals surface area contributed by atoms with Crippen LogP contribution in [0.2, 0.25) is 0 Å². The van der Waals surface area contributed by atoms with Gasteiger partial charge in [0.2, 0.25) is 0 Å². The van der Waals surface area contributed by atoms with Crippen molar-refractivity contribution >= 4 is 22.7 Å². The second kappa shape index (κ2) is 6.51. The number of fused-ring (bicyclic) bond motifs is 1. The monoisotopic (exact) mass is 345 g/mol. The van der Waals surface area contributed by atoms with Crippen LogP contribution in [0.5, 0.6) is 0 Å². The first kappa shape index (κ1) is 15.0. The zero-order valence-electron chi connectivity index (χ0n) is 13.0. The third-order valence-corrected chi connectivity index (χ3v) is 5.91. The Balaban J connectivity index is 1.30. The van der Waals surface area contributed by atoms with Crippen molar-refractivity contribution in [1.29, 1.82) is 0 Å². The fraction of sp³-hybridized carbons (Fsp3) is 0.438. The second-order valence-corrected chi connectivity index (χ2v) is 7.60. The molecule has 0 aromatic carbocycles. The van der Waals surface area contributed by atoms with E-state index in [2.05, 4.69) is 42.3 Å². The molecule has 0 amide bonds. The molecule has 0 bridgehead atoms. The van der Waals surface area contributed by atoms with Crippen LogP contribution in [0.4, 0.5) is 0 Å². The number of hydrogen-bond acceptors (Lipinski definition) is 6. The smallest absolute Gasteiger partial charge is 0.133 e. The highest BCUT2D eigenvalue weighted by molar-refractivity contribution is 7.14. The molecular formula is C16H19N5S2. The molecule has 0 radical (unpaired) electrons. The molecule has 1 atom stereocenters. The number of aryl methyl sites for hydroxylation is 2. The van der Waals surface area contributed by atoms with E-state index in [-0.39, 0.29) is 0 Å². The molecule has 23 heavy (non-hydrogen) atoms. The largest absolute Gasteiger partial charge is 0.315 e. The van der Waals surface area contributed by atoms with Crippen molar-refractivity contribution in [3.05, 3.63) is 39.5 Å². The second-order valence-electron chi connectivity index (χ2n) is 5.97. The predicted octanol–water partition coefficient (Wildman–Crippen LogP) is 3.12. The minimum atomic E-state index is 0.646. The lowest BCUT2D eigenvalue weighted by molar-refractivity contribution is 0.344. The van der Waals surface area contributed by atoms with Gasteiger partial charge < -0.3 is 9.88 Å². The molecule has 0 saturated carbocycles. The molecule has 1 aliphatic rings. The predicted molar refractivity (Wildman–Crippen MR) is 93.7 cm³/mol. The third-order valence-electron chi connectivity index (χ3n) is 4.29. The number of hydrogen-bond donors (Lipinski definition) is 1. The molecule has 1 unspecified atom stereocenters. The lowest BCUT2D eigenvalue weighted by atomic mass is 9.99. The Bertz CT molecular complexity index is 774. The first-order chi connectivity index (χ1) is 11.3. The van der Waals surface area contributed by atoms with Crippen LogP contribution in [0.25, 0.3) is 10.6 Å². The van der Waals surface area contributed by atoms with Gasteiger partial charge in [0.1, 0.15) is 16.7 Å². The van der Waals surface area contributed by atoms with Gasteiger partial charge in [-0.2, -0.15) is 11.3 Å². The van der Waals surface area contributed by atoms with Crippen LogP contribution in [-0.2, 0) is 19.5 Å². The van der Waals surface area contributed by atoms with Gasteiger partial charge in [0.15, 0.2) is 0 Å².